The van der Waals surface area contributed by atoms with Gasteiger partial charge in [0.2, 0.25) is 5.91 Å². The van der Waals surface area contributed by atoms with Crippen LogP contribution in [0.4, 0.5) is 5.69 Å². The summed E-state index contributed by atoms with van der Waals surface area (Å²) < 4.78 is 0. The van der Waals surface area contributed by atoms with Gasteiger partial charge < -0.3 is 11.1 Å². The van der Waals surface area contributed by atoms with E-state index >= 15 is 0 Å². The summed E-state index contributed by atoms with van der Waals surface area (Å²) in [5.41, 5.74) is 8.75. The SMILES string of the molecule is Cc1ccccc1Sc1ccc2c(c1)NC(=O)C2N. The van der Waals surface area contributed by atoms with Gasteiger partial charge in [0.25, 0.3) is 0 Å². The van der Waals surface area contributed by atoms with Gasteiger partial charge in [-0.25, -0.2) is 0 Å². The summed E-state index contributed by atoms with van der Waals surface area (Å²) >= 11 is 1.69. The first-order valence-corrected chi connectivity index (χ1v) is 6.90. The summed E-state index contributed by atoms with van der Waals surface area (Å²) in [5, 5.41) is 2.81. The fourth-order valence-corrected chi connectivity index (χ4v) is 3.07. The second-order valence-electron chi connectivity index (χ2n) is 4.58. The fourth-order valence-electron chi connectivity index (χ4n) is 2.13. The van der Waals surface area contributed by atoms with Gasteiger partial charge in [-0.1, -0.05) is 36.0 Å². The number of anilines is 1. The number of nitrogens with two attached hydrogens (primary N) is 1. The van der Waals surface area contributed by atoms with Crippen molar-refractivity contribution in [3.05, 3.63) is 53.6 Å². The van der Waals surface area contributed by atoms with Gasteiger partial charge in [0.1, 0.15) is 6.04 Å². The van der Waals surface area contributed by atoms with E-state index in [1.807, 2.05) is 30.3 Å². The van der Waals surface area contributed by atoms with Gasteiger partial charge in [-0.15, -0.1) is 0 Å². The van der Waals surface area contributed by atoms with Crippen molar-refractivity contribution < 1.29 is 4.79 Å². The van der Waals surface area contributed by atoms with Crippen molar-refractivity contribution in [2.45, 2.75) is 22.8 Å². The number of hydrogen-bond donors (Lipinski definition) is 2. The predicted octanol–water partition coefficient (Wildman–Crippen LogP) is 3.10. The Balaban J connectivity index is 1.91. The van der Waals surface area contributed by atoms with Crippen LogP contribution < -0.4 is 11.1 Å². The normalized spacial score (nSPS) is 17.2. The van der Waals surface area contributed by atoms with E-state index in [1.54, 1.807) is 11.8 Å². The van der Waals surface area contributed by atoms with Crippen LogP contribution in [-0.2, 0) is 4.79 Å². The number of carbonyl (C=O) groups excluding carboxylic acids is 1. The number of benzene rings is 2. The standard InChI is InChI=1S/C15H14N2OS/c1-9-4-2-3-5-13(9)19-10-6-7-11-12(8-10)17-15(18)14(11)16/h2-8,14H,16H2,1H3,(H,17,18). The van der Waals surface area contributed by atoms with Crippen molar-refractivity contribution in [3.63, 3.8) is 0 Å². The highest BCUT2D eigenvalue weighted by molar-refractivity contribution is 7.99. The maximum atomic E-state index is 11.5. The molecule has 1 unspecified atom stereocenters. The third-order valence-electron chi connectivity index (χ3n) is 3.22. The number of fused-ring (bicyclic) bond motifs is 1. The zero-order valence-electron chi connectivity index (χ0n) is 10.5. The van der Waals surface area contributed by atoms with E-state index in [-0.39, 0.29) is 5.91 Å². The lowest BCUT2D eigenvalue weighted by molar-refractivity contribution is -0.116. The molecule has 0 aliphatic carbocycles. The molecule has 19 heavy (non-hydrogen) atoms. The van der Waals surface area contributed by atoms with Crippen LogP contribution in [0.3, 0.4) is 0 Å². The molecular formula is C15H14N2OS. The van der Waals surface area contributed by atoms with Crippen LogP contribution >= 0.6 is 11.8 Å². The van der Waals surface area contributed by atoms with Gasteiger partial charge in [-0.2, -0.15) is 0 Å². The molecule has 96 valence electrons. The molecule has 2 aromatic rings. The summed E-state index contributed by atoms with van der Waals surface area (Å²) in [6, 6.07) is 13.6. The molecule has 1 atom stereocenters. The maximum absolute atomic E-state index is 11.5. The highest BCUT2D eigenvalue weighted by atomic mass is 32.2. The van der Waals surface area contributed by atoms with E-state index in [2.05, 4.69) is 24.4 Å². The molecule has 1 heterocycles. The second-order valence-corrected chi connectivity index (χ2v) is 5.70. The topological polar surface area (TPSA) is 55.1 Å². The lowest BCUT2D eigenvalue weighted by atomic mass is 10.1. The summed E-state index contributed by atoms with van der Waals surface area (Å²) in [7, 11) is 0. The Morgan fingerprint density at radius 1 is 1.21 bits per heavy atom. The first kappa shape index (κ1) is 12.3. The molecule has 1 aliphatic rings. The smallest absolute Gasteiger partial charge is 0.245 e. The Hall–Kier alpha value is -1.78. The van der Waals surface area contributed by atoms with Crippen molar-refractivity contribution >= 4 is 23.4 Å². The summed E-state index contributed by atoms with van der Waals surface area (Å²) in [6.45, 7) is 2.09. The average Bonchev–Trinajstić information content (AvgIpc) is 2.68. The molecule has 0 spiro atoms. The second kappa shape index (κ2) is 4.72. The van der Waals surface area contributed by atoms with Gasteiger partial charge in [0, 0.05) is 21.0 Å². The summed E-state index contributed by atoms with van der Waals surface area (Å²) in [6.07, 6.45) is 0. The van der Waals surface area contributed by atoms with E-state index in [0.717, 1.165) is 16.1 Å². The van der Waals surface area contributed by atoms with Crippen LogP contribution in [0, 0.1) is 6.92 Å². The highest BCUT2D eigenvalue weighted by Crippen LogP contribution is 2.36. The Bertz CT molecular complexity index is 654. The molecule has 4 heteroatoms. The quantitative estimate of drug-likeness (QED) is 0.881. The molecule has 0 bridgehead atoms. The van der Waals surface area contributed by atoms with Crippen molar-refractivity contribution in [2.75, 3.05) is 5.32 Å². The Labute approximate surface area is 116 Å². The Kier molecular flexibility index (Phi) is 3.05. The number of hydrogen-bond acceptors (Lipinski definition) is 3. The van der Waals surface area contributed by atoms with Crippen LogP contribution in [0.25, 0.3) is 0 Å². The van der Waals surface area contributed by atoms with E-state index < -0.39 is 6.04 Å². The first-order valence-electron chi connectivity index (χ1n) is 6.09. The molecule has 0 radical (unpaired) electrons. The number of carbonyl (C=O) groups is 1. The summed E-state index contributed by atoms with van der Waals surface area (Å²) in [4.78, 5) is 13.8. The van der Waals surface area contributed by atoms with Gasteiger partial charge >= 0.3 is 0 Å². The molecule has 0 saturated heterocycles. The monoisotopic (exact) mass is 270 g/mol. The van der Waals surface area contributed by atoms with E-state index in [0.29, 0.717) is 0 Å². The van der Waals surface area contributed by atoms with Crippen LogP contribution in [0.1, 0.15) is 17.2 Å². The third-order valence-corrected chi connectivity index (χ3v) is 4.39. The van der Waals surface area contributed by atoms with E-state index in [9.17, 15) is 4.79 Å². The molecule has 1 aliphatic heterocycles. The fraction of sp³-hybridized carbons (Fsp3) is 0.133. The Morgan fingerprint density at radius 3 is 2.79 bits per heavy atom. The van der Waals surface area contributed by atoms with Crippen molar-refractivity contribution in [3.8, 4) is 0 Å². The van der Waals surface area contributed by atoms with Gasteiger partial charge in [-0.05, 0) is 30.7 Å². The number of nitrogens with one attached hydrogen (secondary N) is 1. The molecular weight excluding hydrogens is 256 g/mol. The van der Waals surface area contributed by atoms with Gasteiger partial charge in [0.15, 0.2) is 0 Å². The molecule has 2 aromatic carbocycles. The molecule has 3 N–H and O–H groups in total. The van der Waals surface area contributed by atoms with Crippen molar-refractivity contribution in [1.82, 2.24) is 0 Å². The maximum Gasteiger partial charge on any atom is 0.245 e. The number of aryl methyl sites for hydroxylation is 1. The van der Waals surface area contributed by atoms with Crippen molar-refractivity contribution in [1.29, 1.82) is 0 Å². The molecule has 0 fully saturated rings. The number of amides is 1. The Morgan fingerprint density at radius 2 is 2.00 bits per heavy atom. The minimum Gasteiger partial charge on any atom is -0.324 e. The average molecular weight is 270 g/mol. The molecule has 0 saturated carbocycles. The molecule has 3 rings (SSSR count). The minimum atomic E-state index is -0.535. The largest absolute Gasteiger partial charge is 0.324 e. The van der Waals surface area contributed by atoms with Gasteiger partial charge in [-0.3, -0.25) is 4.79 Å². The van der Waals surface area contributed by atoms with Crippen LogP contribution in [-0.4, -0.2) is 5.91 Å². The number of rotatable bonds is 2. The molecule has 3 nitrogen and oxygen atoms in total. The van der Waals surface area contributed by atoms with Crippen LogP contribution in [0.15, 0.2) is 52.3 Å². The zero-order valence-corrected chi connectivity index (χ0v) is 11.3. The van der Waals surface area contributed by atoms with Crippen LogP contribution in [0.2, 0.25) is 0 Å². The summed E-state index contributed by atoms with van der Waals surface area (Å²) in [5.74, 6) is -0.131. The van der Waals surface area contributed by atoms with Crippen LogP contribution in [0.5, 0.6) is 0 Å². The lowest BCUT2D eigenvalue weighted by Crippen LogP contribution is -2.19. The highest BCUT2D eigenvalue weighted by Gasteiger charge is 2.26. The van der Waals surface area contributed by atoms with Gasteiger partial charge in [0.05, 0.1) is 0 Å². The van der Waals surface area contributed by atoms with Crippen molar-refractivity contribution in [2.24, 2.45) is 5.73 Å². The minimum absolute atomic E-state index is 0.131. The van der Waals surface area contributed by atoms with E-state index in [1.165, 1.54) is 10.5 Å². The van der Waals surface area contributed by atoms with E-state index in [4.69, 9.17) is 5.73 Å². The third kappa shape index (κ3) is 2.25. The lowest BCUT2D eigenvalue weighted by Gasteiger charge is -2.07. The molecule has 1 amide bonds. The first-order chi connectivity index (χ1) is 9.15. The molecule has 0 aromatic heterocycles. The predicted molar refractivity (Wildman–Crippen MR) is 77.3 cm³/mol. The zero-order chi connectivity index (χ0) is 13.4.